The molecule has 0 fully saturated rings. The molecule has 0 spiro atoms. The molecule has 0 rings (SSSR count). The average Bonchev–Trinajstić information content (AvgIpc) is 2.05. The Hall–Kier alpha value is 0.350. The predicted molar refractivity (Wildman–Crippen MR) is 56.3 cm³/mol. The van der Waals surface area contributed by atoms with Gasteiger partial charge in [-0.3, -0.25) is 0 Å². The lowest BCUT2D eigenvalue weighted by molar-refractivity contribution is 0.524. The first kappa shape index (κ1) is 11.4. The summed E-state index contributed by atoms with van der Waals surface area (Å²) in [6.07, 6.45) is 3.98. The summed E-state index contributed by atoms with van der Waals surface area (Å²) in [7, 11) is 0. The van der Waals surface area contributed by atoms with Gasteiger partial charge in [0.25, 0.3) is 0 Å². The van der Waals surface area contributed by atoms with Crippen LogP contribution < -0.4 is 0 Å². The van der Waals surface area contributed by atoms with Gasteiger partial charge < -0.3 is 0 Å². The summed E-state index contributed by atoms with van der Waals surface area (Å²) in [4.78, 5) is 0. The van der Waals surface area contributed by atoms with Crippen LogP contribution in [-0.4, -0.2) is 11.0 Å². The predicted octanol–water partition coefficient (Wildman–Crippen LogP) is 3.95. The quantitative estimate of drug-likeness (QED) is 0.587. The van der Waals surface area contributed by atoms with Crippen molar-refractivity contribution in [3.05, 3.63) is 0 Å². The van der Waals surface area contributed by atoms with Gasteiger partial charge in [0.1, 0.15) is 0 Å². The fraction of sp³-hybridized carbons (Fsp3) is 1.00. The Labute approximate surface area is 76.1 Å². The second kappa shape index (κ2) is 7.02. The van der Waals surface area contributed by atoms with Crippen molar-refractivity contribution in [1.82, 2.24) is 0 Å². The molecular formula is C10H22S. The monoisotopic (exact) mass is 174 g/mol. The molecule has 0 N–H and O–H groups in total. The molecular weight excluding hydrogens is 152 g/mol. The molecule has 0 aliphatic carbocycles. The van der Waals surface area contributed by atoms with E-state index in [9.17, 15) is 0 Å². The van der Waals surface area contributed by atoms with Gasteiger partial charge in [-0.15, -0.1) is 0 Å². The minimum Gasteiger partial charge on any atom is -0.158 e. The molecule has 0 aliphatic rings. The standard InChI is InChI=1S/C10H22S/c1-5-8-11-10(7-3)9(4)6-2/h9-10H,5-8H2,1-4H3. The van der Waals surface area contributed by atoms with E-state index in [0.29, 0.717) is 0 Å². The van der Waals surface area contributed by atoms with E-state index in [1.54, 1.807) is 0 Å². The highest BCUT2D eigenvalue weighted by atomic mass is 32.2. The Bertz CT molecular complexity index is 80.9. The first-order chi connectivity index (χ1) is 5.26. The molecule has 0 aromatic rings. The highest BCUT2D eigenvalue weighted by molar-refractivity contribution is 7.99. The zero-order chi connectivity index (χ0) is 8.69. The van der Waals surface area contributed by atoms with Crippen LogP contribution in [0, 0.1) is 5.92 Å². The Morgan fingerprint density at radius 1 is 1.09 bits per heavy atom. The average molecular weight is 174 g/mol. The third kappa shape index (κ3) is 4.73. The van der Waals surface area contributed by atoms with Crippen LogP contribution >= 0.6 is 11.8 Å². The number of rotatable bonds is 6. The summed E-state index contributed by atoms with van der Waals surface area (Å²) >= 11 is 2.15. The van der Waals surface area contributed by atoms with Gasteiger partial charge in [-0.2, -0.15) is 11.8 Å². The lowest BCUT2D eigenvalue weighted by Gasteiger charge is -2.20. The molecule has 1 heteroatoms. The number of hydrogen-bond donors (Lipinski definition) is 0. The molecule has 68 valence electrons. The smallest absolute Gasteiger partial charge is 0.00699 e. The summed E-state index contributed by atoms with van der Waals surface area (Å²) in [5, 5.41) is 0.903. The first-order valence-corrected chi connectivity index (χ1v) is 5.92. The molecule has 2 unspecified atom stereocenters. The molecule has 0 aromatic heterocycles. The van der Waals surface area contributed by atoms with Crippen LogP contribution in [0.4, 0.5) is 0 Å². The van der Waals surface area contributed by atoms with Crippen molar-refractivity contribution in [3.8, 4) is 0 Å². The third-order valence-electron chi connectivity index (χ3n) is 2.22. The van der Waals surface area contributed by atoms with Gasteiger partial charge in [-0.25, -0.2) is 0 Å². The molecule has 0 nitrogen and oxygen atoms in total. The molecule has 11 heavy (non-hydrogen) atoms. The van der Waals surface area contributed by atoms with Gasteiger partial charge in [-0.05, 0) is 24.5 Å². The maximum absolute atomic E-state index is 2.37. The van der Waals surface area contributed by atoms with E-state index in [0.717, 1.165) is 11.2 Å². The van der Waals surface area contributed by atoms with Gasteiger partial charge in [-0.1, -0.05) is 34.1 Å². The summed E-state index contributed by atoms with van der Waals surface area (Å²) in [6, 6.07) is 0. The van der Waals surface area contributed by atoms with Crippen molar-refractivity contribution in [3.63, 3.8) is 0 Å². The highest BCUT2D eigenvalue weighted by Gasteiger charge is 2.12. The Balaban J connectivity index is 3.56. The molecule has 0 aliphatic heterocycles. The lowest BCUT2D eigenvalue weighted by atomic mass is 10.0. The van der Waals surface area contributed by atoms with Crippen molar-refractivity contribution in [2.45, 2.75) is 52.2 Å². The lowest BCUT2D eigenvalue weighted by Crippen LogP contribution is -2.12. The van der Waals surface area contributed by atoms with Crippen LogP contribution in [0.3, 0.4) is 0 Å². The minimum atomic E-state index is 0.900. The largest absolute Gasteiger partial charge is 0.158 e. The Morgan fingerprint density at radius 3 is 2.09 bits per heavy atom. The Kier molecular flexibility index (Phi) is 7.25. The molecule has 2 atom stereocenters. The van der Waals surface area contributed by atoms with E-state index in [4.69, 9.17) is 0 Å². The second-order valence-corrected chi connectivity index (χ2v) is 4.55. The summed E-state index contributed by atoms with van der Waals surface area (Å²) in [5.74, 6) is 2.24. The molecule has 0 radical (unpaired) electrons. The molecule has 0 bridgehead atoms. The van der Waals surface area contributed by atoms with Crippen molar-refractivity contribution in [2.24, 2.45) is 5.92 Å². The van der Waals surface area contributed by atoms with Crippen molar-refractivity contribution in [1.29, 1.82) is 0 Å². The SMILES string of the molecule is CCCSC(CC)C(C)CC. The molecule has 0 heterocycles. The fourth-order valence-electron chi connectivity index (χ4n) is 1.22. The first-order valence-electron chi connectivity index (χ1n) is 4.87. The molecule has 0 saturated carbocycles. The van der Waals surface area contributed by atoms with E-state index >= 15 is 0 Å². The van der Waals surface area contributed by atoms with Crippen molar-refractivity contribution < 1.29 is 0 Å². The number of hydrogen-bond acceptors (Lipinski definition) is 1. The van der Waals surface area contributed by atoms with Crippen LogP contribution in [0.15, 0.2) is 0 Å². The van der Waals surface area contributed by atoms with Crippen LogP contribution in [0.1, 0.15) is 47.0 Å². The maximum atomic E-state index is 2.37. The second-order valence-electron chi connectivity index (χ2n) is 3.20. The van der Waals surface area contributed by atoms with Gasteiger partial charge in [0.15, 0.2) is 0 Å². The summed E-state index contributed by atoms with van der Waals surface area (Å²) < 4.78 is 0. The zero-order valence-electron chi connectivity index (χ0n) is 8.39. The van der Waals surface area contributed by atoms with Crippen LogP contribution in [0.2, 0.25) is 0 Å². The molecule has 0 amide bonds. The molecule has 0 aromatic carbocycles. The van der Waals surface area contributed by atoms with E-state index in [1.165, 1.54) is 25.0 Å². The number of thioether (sulfide) groups is 1. The van der Waals surface area contributed by atoms with Gasteiger partial charge in [0.05, 0.1) is 0 Å². The van der Waals surface area contributed by atoms with E-state index in [2.05, 4.69) is 39.5 Å². The fourth-order valence-corrected chi connectivity index (χ4v) is 2.51. The van der Waals surface area contributed by atoms with Crippen molar-refractivity contribution in [2.75, 3.05) is 5.75 Å². The van der Waals surface area contributed by atoms with E-state index < -0.39 is 0 Å². The topological polar surface area (TPSA) is 0 Å². The third-order valence-corrected chi connectivity index (χ3v) is 4.09. The zero-order valence-corrected chi connectivity index (χ0v) is 9.21. The van der Waals surface area contributed by atoms with Crippen LogP contribution in [-0.2, 0) is 0 Å². The molecule has 0 saturated heterocycles. The summed E-state index contributed by atoms with van der Waals surface area (Å²) in [6.45, 7) is 9.23. The van der Waals surface area contributed by atoms with Crippen LogP contribution in [0.5, 0.6) is 0 Å². The van der Waals surface area contributed by atoms with E-state index in [-0.39, 0.29) is 0 Å². The van der Waals surface area contributed by atoms with Gasteiger partial charge >= 0.3 is 0 Å². The normalized spacial score (nSPS) is 16.4. The minimum absolute atomic E-state index is 0.900. The van der Waals surface area contributed by atoms with Crippen LogP contribution in [0.25, 0.3) is 0 Å². The van der Waals surface area contributed by atoms with Gasteiger partial charge in [0.2, 0.25) is 0 Å². The van der Waals surface area contributed by atoms with Crippen molar-refractivity contribution >= 4 is 11.8 Å². The summed E-state index contributed by atoms with van der Waals surface area (Å²) in [5.41, 5.74) is 0. The van der Waals surface area contributed by atoms with E-state index in [1.807, 2.05) is 0 Å². The van der Waals surface area contributed by atoms with Gasteiger partial charge in [0, 0.05) is 5.25 Å². The maximum Gasteiger partial charge on any atom is 0.00699 e. The highest BCUT2D eigenvalue weighted by Crippen LogP contribution is 2.25. The Morgan fingerprint density at radius 2 is 1.73 bits per heavy atom.